The summed E-state index contributed by atoms with van der Waals surface area (Å²) in [6.07, 6.45) is 8.98. The minimum absolute atomic E-state index is 0.0164. The summed E-state index contributed by atoms with van der Waals surface area (Å²) in [6, 6.07) is 4.93. The Morgan fingerprint density at radius 1 is 1.17 bits per heavy atom. The maximum absolute atomic E-state index is 12.8. The number of halogens is 2. The zero-order valence-corrected chi connectivity index (χ0v) is 19.1. The molecule has 1 spiro atoms. The molecular formula is C23H31Cl2N3O2. The Morgan fingerprint density at radius 3 is 2.67 bits per heavy atom. The van der Waals surface area contributed by atoms with E-state index in [0.29, 0.717) is 39.9 Å². The molecule has 7 heteroatoms. The van der Waals surface area contributed by atoms with Crippen LogP contribution < -0.4 is 10.6 Å². The summed E-state index contributed by atoms with van der Waals surface area (Å²) in [6.45, 7) is 3.11. The highest BCUT2D eigenvalue weighted by molar-refractivity contribution is 6.35. The van der Waals surface area contributed by atoms with E-state index in [0.717, 1.165) is 57.9 Å². The van der Waals surface area contributed by atoms with Crippen LogP contribution in [0.5, 0.6) is 0 Å². The molecule has 2 N–H and O–H groups in total. The predicted octanol–water partition coefficient (Wildman–Crippen LogP) is 5.85. The van der Waals surface area contributed by atoms with Crippen LogP contribution in [-0.4, -0.2) is 35.0 Å². The number of anilines is 1. The number of rotatable bonds is 4. The molecule has 1 aromatic rings. The molecule has 2 aliphatic heterocycles. The molecule has 2 heterocycles. The van der Waals surface area contributed by atoms with Crippen LogP contribution in [-0.2, 0) is 4.79 Å². The van der Waals surface area contributed by atoms with Gasteiger partial charge in [0.15, 0.2) is 0 Å². The van der Waals surface area contributed by atoms with Gasteiger partial charge in [-0.05, 0) is 75.0 Å². The molecule has 164 valence electrons. The number of amides is 3. The van der Waals surface area contributed by atoms with Gasteiger partial charge >= 0.3 is 6.03 Å². The SMILES string of the molecule is CCC[C@H]1[C@@H](NC(=O)Nc2cc(Cl)cc(Cl)c2)CC[C@@]23CCCN2C(=O)CCC[C@@H]13. The third kappa shape index (κ3) is 4.16. The monoisotopic (exact) mass is 451 g/mol. The van der Waals surface area contributed by atoms with Gasteiger partial charge in [0.2, 0.25) is 5.91 Å². The van der Waals surface area contributed by atoms with Crippen molar-refractivity contribution in [3.8, 4) is 0 Å². The molecule has 4 rings (SSSR count). The molecule has 0 aromatic heterocycles. The van der Waals surface area contributed by atoms with Gasteiger partial charge in [-0.3, -0.25) is 4.79 Å². The minimum Gasteiger partial charge on any atom is -0.337 e. The van der Waals surface area contributed by atoms with Gasteiger partial charge in [-0.15, -0.1) is 0 Å². The van der Waals surface area contributed by atoms with E-state index in [1.54, 1.807) is 18.2 Å². The van der Waals surface area contributed by atoms with Crippen LogP contribution in [0.1, 0.15) is 64.7 Å². The molecule has 1 aromatic carbocycles. The lowest BCUT2D eigenvalue weighted by atomic mass is 9.61. The lowest BCUT2D eigenvalue weighted by Gasteiger charge is -2.53. The van der Waals surface area contributed by atoms with Gasteiger partial charge in [0.05, 0.1) is 0 Å². The second-order valence-corrected chi connectivity index (χ2v) is 9.98. The van der Waals surface area contributed by atoms with Gasteiger partial charge in [-0.25, -0.2) is 4.79 Å². The lowest BCUT2D eigenvalue weighted by Crippen LogP contribution is -2.60. The van der Waals surface area contributed by atoms with Gasteiger partial charge in [-0.1, -0.05) is 36.5 Å². The number of carbonyl (C=O) groups excluding carboxylic acids is 2. The van der Waals surface area contributed by atoms with Gasteiger partial charge in [0, 0.05) is 40.3 Å². The van der Waals surface area contributed by atoms with Crippen molar-refractivity contribution in [2.45, 2.75) is 76.3 Å². The van der Waals surface area contributed by atoms with Gasteiger partial charge in [0.1, 0.15) is 0 Å². The fourth-order valence-corrected chi connectivity index (χ4v) is 6.90. The number of benzene rings is 1. The van der Waals surface area contributed by atoms with Crippen LogP contribution in [0.2, 0.25) is 10.0 Å². The molecule has 1 aliphatic carbocycles. The summed E-state index contributed by atoms with van der Waals surface area (Å²) in [5, 5.41) is 7.11. The lowest BCUT2D eigenvalue weighted by molar-refractivity contribution is -0.138. The van der Waals surface area contributed by atoms with Gasteiger partial charge in [-0.2, -0.15) is 0 Å². The first kappa shape index (κ1) is 21.8. The Labute approximate surface area is 188 Å². The van der Waals surface area contributed by atoms with E-state index >= 15 is 0 Å². The smallest absolute Gasteiger partial charge is 0.319 e. The third-order valence-electron chi connectivity index (χ3n) is 7.41. The van der Waals surface area contributed by atoms with Crippen molar-refractivity contribution in [2.24, 2.45) is 11.8 Å². The maximum Gasteiger partial charge on any atom is 0.319 e. The average molecular weight is 452 g/mol. The standard InChI is InChI=1S/C23H31Cl2N3O2/c1-2-5-18-19-6-3-7-21(29)28-11-4-9-23(19,28)10-8-20(18)27-22(30)26-17-13-15(24)12-16(25)14-17/h12-14,18-20H,2-11H2,1H3,(H2,26,27,30)/t18-,19+,20+,23-/m1/s1. The van der Waals surface area contributed by atoms with E-state index < -0.39 is 0 Å². The Bertz CT molecular complexity index is 797. The van der Waals surface area contributed by atoms with Gasteiger partial charge in [0.25, 0.3) is 0 Å². The van der Waals surface area contributed by atoms with E-state index in [1.807, 2.05) is 0 Å². The molecule has 3 aliphatic rings. The summed E-state index contributed by atoms with van der Waals surface area (Å²) in [5.74, 6) is 1.20. The number of hydrogen-bond acceptors (Lipinski definition) is 2. The van der Waals surface area contributed by atoms with Crippen LogP contribution in [0.15, 0.2) is 18.2 Å². The Kier molecular flexibility index (Phi) is 6.50. The Morgan fingerprint density at radius 2 is 1.93 bits per heavy atom. The molecule has 4 atom stereocenters. The van der Waals surface area contributed by atoms with Crippen molar-refractivity contribution >= 4 is 40.8 Å². The minimum atomic E-state index is -0.219. The summed E-state index contributed by atoms with van der Waals surface area (Å²) in [5.41, 5.74) is 0.606. The van der Waals surface area contributed by atoms with E-state index in [-0.39, 0.29) is 17.6 Å². The van der Waals surface area contributed by atoms with Crippen LogP contribution in [0.25, 0.3) is 0 Å². The number of urea groups is 1. The van der Waals surface area contributed by atoms with Crippen molar-refractivity contribution in [1.29, 1.82) is 0 Å². The highest BCUT2D eigenvalue weighted by atomic mass is 35.5. The van der Waals surface area contributed by atoms with Crippen LogP contribution in [0, 0.1) is 11.8 Å². The fourth-order valence-electron chi connectivity index (χ4n) is 6.37. The molecule has 3 fully saturated rings. The topological polar surface area (TPSA) is 61.4 Å². The predicted molar refractivity (Wildman–Crippen MR) is 121 cm³/mol. The van der Waals surface area contributed by atoms with Crippen molar-refractivity contribution < 1.29 is 9.59 Å². The van der Waals surface area contributed by atoms with Crippen molar-refractivity contribution in [3.05, 3.63) is 28.2 Å². The first-order valence-electron chi connectivity index (χ1n) is 11.3. The van der Waals surface area contributed by atoms with Crippen LogP contribution in [0.4, 0.5) is 10.5 Å². The summed E-state index contributed by atoms with van der Waals surface area (Å²) in [7, 11) is 0. The van der Waals surface area contributed by atoms with Crippen molar-refractivity contribution in [3.63, 3.8) is 0 Å². The summed E-state index contributed by atoms with van der Waals surface area (Å²) < 4.78 is 0. The van der Waals surface area contributed by atoms with Gasteiger partial charge < -0.3 is 15.5 Å². The highest BCUT2D eigenvalue weighted by Gasteiger charge is 2.55. The molecule has 0 bridgehead atoms. The number of nitrogens with zero attached hydrogens (tertiary/aromatic N) is 1. The van der Waals surface area contributed by atoms with Crippen LogP contribution in [0.3, 0.4) is 0 Å². The quantitative estimate of drug-likeness (QED) is 0.602. The van der Waals surface area contributed by atoms with E-state index in [9.17, 15) is 9.59 Å². The van der Waals surface area contributed by atoms with E-state index in [1.165, 1.54) is 0 Å². The molecule has 0 radical (unpaired) electrons. The number of nitrogens with one attached hydrogen (secondary N) is 2. The second-order valence-electron chi connectivity index (χ2n) is 9.11. The zero-order chi connectivity index (χ0) is 21.3. The molecule has 0 unspecified atom stereocenters. The first-order valence-corrected chi connectivity index (χ1v) is 12.0. The summed E-state index contributed by atoms with van der Waals surface area (Å²) >= 11 is 12.1. The Balaban J connectivity index is 1.51. The second kappa shape index (κ2) is 8.96. The third-order valence-corrected chi connectivity index (χ3v) is 7.84. The summed E-state index contributed by atoms with van der Waals surface area (Å²) in [4.78, 5) is 27.8. The number of hydrogen-bond donors (Lipinski definition) is 2. The average Bonchev–Trinajstić information content (AvgIpc) is 3.04. The largest absolute Gasteiger partial charge is 0.337 e. The normalized spacial score (nSPS) is 31.0. The molecule has 3 amide bonds. The van der Waals surface area contributed by atoms with E-state index in [2.05, 4.69) is 22.5 Å². The van der Waals surface area contributed by atoms with Crippen molar-refractivity contribution in [1.82, 2.24) is 10.2 Å². The zero-order valence-electron chi connectivity index (χ0n) is 17.6. The fraction of sp³-hybridized carbons (Fsp3) is 0.652. The molecule has 1 saturated carbocycles. The molecule has 5 nitrogen and oxygen atoms in total. The Hall–Kier alpha value is -1.46. The molecule has 2 saturated heterocycles. The molecule has 30 heavy (non-hydrogen) atoms. The number of carbonyl (C=O) groups is 2. The van der Waals surface area contributed by atoms with Crippen molar-refractivity contribution in [2.75, 3.05) is 11.9 Å². The van der Waals surface area contributed by atoms with E-state index in [4.69, 9.17) is 23.2 Å². The molecular weight excluding hydrogens is 421 g/mol. The maximum atomic E-state index is 12.8. The highest BCUT2D eigenvalue weighted by Crippen LogP contribution is 2.52. The first-order chi connectivity index (χ1) is 14.4. The van der Waals surface area contributed by atoms with Crippen LogP contribution >= 0.6 is 23.2 Å².